The Kier molecular flexibility index (Phi) is 5.42. The van der Waals surface area contributed by atoms with Gasteiger partial charge in [-0.15, -0.1) is 10.2 Å². The highest BCUT2D eigenvalue weighted by Gasteiger charge is 2.34. The van der Waals surface area contributed by atoms with E-state index in [2.05, 4.69) is 15.5 Å². The summed E-state index contributed by atoms with van der Waals surface area (Å²) in [4.78, 5) is 36.6. The SMILES string of the molecule is O=C(Nc1nnc(C2CC(=O)N(c3ccc(Cl)cc3)C2)s1)c1ccc([N+](=O)[O-])cc1. The molecule has 1 aliphatic rings. The monoisotopic (exact) mass is 443 g/mol. The largest absolute Gasteiger partial charge is 0.312 e. The van der Waals surface area contributed by atoms with Gasteiger partial charge in [0.25, 0.3) is 11.6 Å². The Bertz CT molecular complexity index is 1120. The number of nitrogens with one attached hydrogen (secondary N) is 1. The van der Waals surface area contributed by atoms with E-state index in [1.807, 2.05) is 0 Å². The number of rotatable bonds is 5. The van der Waals surface area contributed by atoms with Gasteiger partial charge in [0.2, 0.25) is 11.0 Å². The second-order valence-electron chi connectivity index (χ2n) is 6.59. The number of amides is 2. The zero-order valence-electron chi connectivity index (χ0n) is 15.3. The molecule has 30 heavy (non-hydrogen) atoms. The number of carbonyl (C=O) groups is 2. The number of nitrogens with zero attached hydrogens (tertiary/aromatic N) is 4. The first-order valence-corrected chi connectivity index (χ1v) is 10.1. The normalized spacial score (nSPS) is 16.0. The van der Waals surface area contributed by atoms with Crippen molar-refractivity contribution in [3.63, 3.8) is 0 Å². The maximum atomic E-state index is 12.4. The Morgan fingerprint density at radius 2 is 1.87 bits per heavy atom. The van der Waals surface area contributed by atoms with Crippen LogP contribution >= 0.6 is 22.9 Å². The molecule has 3 aromatic rings. The quantitative estimate of drug-likeness (QED) is 0.472. The van der Waals surface area contributed by atoms with Crippen molar-refractivity contribution >= 4 is 51.3 Å². The first kappa shape index (κ1) is 19.9. The fourth-order valence-corrected chi connectivity index (χ4v) is 4.05. The minimum absolute atomic E-state index is 0.0195. The molecule has 11 heteroatoms. The van der Waals surface area contributed by atoms with Crippen molar-refractivity contribution in [1.29, 1.82) is 0 Å². The summed E-state index contributed by atoms with van der Waals surface area (Å²) < 4.78 is 0. The number of halogens is 1. The van der Waals surface area contributed by atoms with Crippen LogP contribution in [0.1, 0.15) is 27.7 Å². The molecule has 0 saturated carbocycles. The molecular weight excluding hydrogens is 430 g/mol. The highest BCUT2D eigenvalue weighted by molar-refractivity contribution is 7.15. The third-order valence-electron chi connectivity index (χ3n) is 4.61. The standard InChI is InChI=1S/C19H14ClN5O4S/c20-13-3-7-14(8-4-13)24-10-12(9-16(24)26)18-22-23-19(30-18)21-17(27)11-1-5-15(6-2-11)25(28)29/h1-8,12H,9-10H2,(H,21,23,27). The van der Waals surface area contributed by atoms with Crippen molar-refractivity contribution in [3.05, 3.63) is 74.2 Å². The number of non-ortho nitro benzene ring substituents is 1. The van der Waals surface area contributed by atoms with Gasteiger partial charge in [0.1, 0.15) is 5.01 Å². The summed E-state index contributed by atoms with van der Waals surface area (Å²) in [6, 6.07) is 12.3. The number of benzene rings is 2. The average molecular weight is 444 g/mol. The van der Waals surface area contributed by atoms with Gasteiger partial charge in [-0.1, -0.05) is 22.9 Å². The van der Waals surface area contributed by atoms with Crippen molar-refractivity contribution < 1.29 is 14.5 Å². The Morgan fingerprint density at radius 1 is 1.17 bits per heavy atom. The molecule has 1 aromatic heterocycles. The summed E-state index contributed by atoms with van der Waals surface area (Å²) in [6.07, 6.45) is 0.299. The predicted octanol–water partition coefficient (Wildman–Crippen LogP) is 3.87. The molecule has 1 atom stereocenters. The van der Waals surface area contributed by atoms with Crippen molar-refractivity contribution in [2.75, 3.05) is 16.8 Å². The van der Waals surface area contributed by atoms with E-state index >= 15 is 0 Å². The van der Waals surface area contributed by atoms with E-state index in [4.69, 9.17) is 11.6 Å². The molecular formula is C19H14ClN5O4S. The molecule has 0 radical (unpaired) electrons. The van der Waals surface area contributed by atoms with Crippen LogP contribution in [0.15, 0.2) is 48.5 Å². The molecule has 1 unspecified atom stereocenters. The lowest BCUT2D eigenvalue weighted by molar-refractivity contribution is -0.384. The molecule has 2 amide bonds. The average Bonchev–Trinajstić information content (AvgIpc) is 3.35. The van der Waals surface area contributed by atoms with Gasteiger partial charge in [0, 0.05) is 47.3 Å². The number of nitro groups is 1. The van der Waals surface area contributed by atoms with E-state index in [0.717, 1.165) is 5.69 Å². The van der Waals surface area contributed by atoms with Gasteiger partial charge in [0.15, 0.2) is 0 Å². The maximum absolute atomic E-state index is 12.4. The van der Waals surface area contributed by atoms with Crippen molar-refractivity contribution in [2.24, 2.45) is 0 Å². The topological polar surface area (TPSA) is 118 Å². The summed E-state index contributed by atoms with van der Waals surface area (Å²) in [5.74, 6) is -0.595. The predicted molar refractivity (Wildman–Crippen MR) is 112 cm³/mol. The number of anilines is 2. The van der Waals surface area contributed by atoms with Gasteiger partial charge in [-0.2, -0.15) is 0 Å². The van der Waals surface area contributed by atoms with Crippen LogP contribution in [-0.4, -0.2) is 33.5 Å². The van der Waals surface area contributed by atoms with Crippen LogP contribution < -0.4 is 10.2 Å². The second kappa shape index (κ2) is 8.17. The van der Waals surface area contributed by atoms with Crippen LogP contribution in [0, 0.1) is 10.1 Å². The summed E-state index contributed by atoms with van der Waals surface area (Å²) in [5.41, 5.74) is 0.936. The lowest BCUT2D eigenvalue weighted by Crippen LogP contribution is -2.24. The van der Waals surface area contributed by atoms with Gasteiger partial charge in [-0.05, 0) is 36.4 Å². The maximum Gasteiger partial charge on any atom is 0.269 e. The van der Waals surface area contributed by atoms with Crippen LogP contribution in [0.25, 0.3) is 0 Å². The Morgan fingerprint density at radius 3 is 2.53 bits per heavy atom. The van der Waals surface area contributed by atoms with E-state index in [1.54, 1.807) is 29.2 Å². The third kappa shape index (κ3) is 4.14. The minimum Gasteiger partial charge on any atom is -0.312 e. The first-order chi connectivity index (χ1) is 14.4. The Balaban J connectivity index is 1.42. The Hall–Kier alpha value is -3.37. The molecule has 152 valence electrons. The highest BCUT2D eigenvalue weighted by Crippen LogP contribution is 2.34. The second-order valence-corrected chi connectivity index (χ2v) is 8.03. The molecule has 0 bridgehead atoms. The van der Waals surface area contributed by atoms with Crippen molar-refractivity contribution in [3.8, 4) is 0 Å². The molecule has 0 aliphatic carbocycles. The van der Waals surface area contributed by atoms with Crippen LogP contribution in [0.4, 0.5) is 16.5 Å². The van der Waals surface area contributed by atoms with Gasteiger partial charge < -0.3 is 4.90 Å². The van der Waals surface area contributed by atoms with Crippen molar-refractivity contribution in [1.82, 2.24) is 10.2 Å². The third-order valence-corrected chi connectivity index (χ3v) is 5.87. The van der Waals surface area contributed by atoms with Crippen LogP contribution in [0.2, 0.25) is 5.02 Å². The summed E-state index contributed by atoms with van der Waals surface area (Å²) in [7, 11) is 0. The van der Waals surface area contributed by atoms with E-state index in [9.17, 15) is 19.7 Å². The molecule has 9 nitrogen and oxygen atoms in total. The Labute approximate surface area is 179 Å². The lowest BCUT2D eigenvalue weighted by atomic mass is 10.1. The minimum atomic E-state index is -0.533. The van der Waals surface area contributed by atoms with Gasteiger partial charge in [-0.25, -0.2) is 0 Å². The molecule has 1 aliphatic heterocycles. The molecule has 1 saturated heterocycles. The highest BCUT2D eigenvalue weighted by atomic mass is 35.5. The summed E-state index contributed by atoms with van der Waals surface area (Å²) in [6.45, 7) is 0.464. The number of hydrogen-bond donors (Lipinski definition) is 1. The number of carbonyl (C=O) groups excluding carboxylic acids is 2. The van der Waals surface area contributed by atoms with Crippen LogP contribution in [-0.2, 0) is 4.79 Å². The van der Waals surface area contributed by atoms with E-state index < -0.39 is 10.8 Å². The number of nitro benzene ring substituents is 1. The molecule has 0 spiro atoms. The smallest absolute Gasteiger partial charge is 0.269 e. The van der Waals surface area contributed by atoms with Crippen LogP contribution in [0.5, 0.6) is 0 Å². The summed E-state index contributed by atoms with van der Waals surface area (Å²) >= 11 is 7.11. The zero-order valence-corrected chi connectivity index (χ0v) is 16.9. The lowest BCUT2D eigenvalue weighted by Gasteiger charge is -2.16. The van der Waals surface area contributed by atoms with Gasteiger partial charge in [-0.3, -0.25) is 25.0 Å². The van der Waals surface area contributed by atoms with E-state index in [-0.39, 0.29) is 23.1 Å². The number of aromatic nitrogens is 2. The molecule has 1 N–H and O–H groups in total. The zero-order chi connectivity index (χ0) is 21.3. The summed E-state index contributed by atoms with van der Waals surface area (Å²) in [5, 5.41) is 23.0. The first-order valence-electron chi connectivity index (χ1n) is 8.86. The molecule has 2 aromatic carbocycles. The van der Waals surface area contributed by atoms with Gasteiger partial charge >= 0.3 is 0 Å². The van der Waals surface area contributed by atoms with Gasteiger partial charge in [0.05, 0.1) is 4.92 Å². The van der Waals surface area contributed by atoms with E-state index in [1.165, 1.54) is 35.6 Å². The fourth-order valence-electron chi connectivity index (χ4n) is 3.10. The molecule has 4 rings (SSSR count). The van der Waals surface area contributed by atoms with E-state index in [0.29, 0.717) is 28.1 Å². The van der Waals surface area contributed by atoms with Crippen LogP contribution in [0.3, 0.4) is 0 Å². The molecule has 2 heterocycles. The molecule has 1 fully saturated rings. The van der Waals surface area contributed by atoms with Crippen molar-refractivity contribution in [2.45, 2.75) is 12.3 Å². The fraction of sp³-hybridized carbons (Fsp3) is 0.158. The number of hydrogen-bond acceptors (Lipinski definition) is 7.